The van der Waals surface area contributed by atoms with Crippen LogP contribution in [0, 0.1) is 0 Å². The Morgan fingerprint density at radius 2 is 2.16 bits per heavy atom. The minimum atomic E-state index is -0.275. The van der Waals surface area contributed by atoms with E-state index in [9.17, 15) is 4.79 Å². The van der Waals surface area contributed by atoms with Crippen LogP contribution in [0.5, 0.6) is 0 Å². The lowest BCUT2D eigenvalue weighted by Gasteiger charge is -2.34. The molecular formula is C13H15N5O. The molecule has 2 heterocycles. The van der Waals surface area contributed by atoms with Gasteiger partial charge in [-0.1, -0.05) is 17.3 Å². The zero-order valence-electron chi connectivity index (χ0n) is 10.9. The number of benzene rings is 1. The lowest BCUT2D eigenvalue weighted by atomic mass is 10.1. The average molecular weight is 257 g/mol. The fourth-order valence-electron chi connectivity index (χ4n) is 2.28. The number of aryl methyl sites for hydroxylation is 1. The van der Waals surface area contributed by atoms with Gasteiger partial charge in [-0.2, -0.15) is 0 Å². The molecule has 1 aromatic carbocycles. The minimum Gasteiger partial charge on any atom is -0.349 e. The van der Waals surface area contributed by atoms with Crippen LogP contribution in [-0.4, -0.2) is 27.9 Å². The number of anilines is 1. The first-order chi connectivity index (χ1) is 9.20. The van der Waals surface area contributed by atoms with Gasteiger partial charge in [-0.05, 0) is 19.1 Å². The molecule has 0 radical (unpaired) electrons. The van der Waals surface area contributed by atoms with Gasteiger partial charge < -0.3 is 10.2 Å². The van der Waals surface area contributed by atoms with E-state index >= 15 is 0 Å². The molecule has 1 N–H and O–H groups in total. The number of aromatic nitrogens is 3. The summed E-state index contributed by atoms with van der Waals surface area (Å²) >= 11 is 0. The van der Waals surface area contributed by atoms with Crippen molar-refractivity contribution in [2.75, 3.05) is 11.9 Å². The van der Waals surface area contributed by atoms with E-state index in [4.69, 9.17) is 0 Å². The first kappa shape index (κ1) is 11.7. The van der Waals surface area contributed by atoms with Crippen LogP contribution in [0.15, 0.2) is 30.5 Å². The van der Waals surface area contributed by atoms with Crippen molar-refractivity contribution >= 4 is 11.6 Å². The van der Waals surface area contributed by atoms with Gasteiger partial charge in [0, 0.05) is 13.6 Å². The highest BCUT2D eigenvalue weighted by Gasteiger charge is 2.30. The van der Waals surface area contributed by atoms with E-state index in [0.717, 1.165) is 17.9 Å². The standard InChI is InChI=1S/C13H15N5O/c1-3-18-8-10(15-16-18)12-14-13(19)9-6-4-5-7-11(9)17(12)2/h4-8,12H,3H2,1-2H3,(H,14,19). The second kappa shape index (κ2) is 4.38. The Kier molecular flexibility index (Phi) is 2.70. The molecule has 19 heavy (non-hydrogen) atoms. The van der Waals surface area contributed by atoms with Crippen LogP contribution in [0.3, 0.4) is 0 Å². The molecule has 1 atom stereocenters. The first-order valence-electron chi connectivity index (χ1n) is 6.23. The molecule has 0 saturated heterocycles. The summed E-state index contributed by atoms with van der Waals surface area (Å²) in [6.07, 6.45) is 1.58. The summed E-state index contributed by atoms with van der Waals surface area (Å²) in [6.45, 7) is 2.75. The predicted molar refractivity (Wildman–Crippen MR) is 70.7 cm³/mol. The third-order valence-electron chi connectivity index (χ3n) is 3.34. The molecule has 6 heteroatoms. The van der Waals surface area contributed by atoms with Gasteiger partial charge in [-0.25, -0.2) is 0 Å². The van der Waals surface area contributed by atoms with Crippen molar-refractivity contribution in [3.63, 3.8) is 0 Å². The van der Waals surface area contributed by atoms with Crippen LogP contribution in [0.1, 0.15) is 29.1 Å². The number of hydrogen-bond donors (Lipinski definition) is 1. The minimum absolute atomic E-state index is 0.0789. The van der Waals surface area contributed by atoms with Crippen LogP contribution in [0.2, 0.25) is 0 Å². The zero-order chi connectivity index (χ0) is 13.4. The molecular weight excluding hydrogens is 242 g/mol. The fraction of sp³-hybridized carbons (Fsp3) is 0.308. The van der Waals surface area contributed by atoms with Gasteiger partial charge in [0.2, 0.25) is 0 Å². The fourth-order valence-corrected chi connectivity index (χ4v) is 2.28. The summed E-state index contributed by atoms with van der Waals surface area (Å²) in [7, 11) is 1.94. The Morgan fingerprint density at radius 1 is 1.37 bits per heavy atom. The van der Waals surface area contributed by atoms with Gasteiger partial charge in [0.05, 0.1) is 17.4 Å². The molecule has 6 nitrogen and oxygen atoms in total. The molecule has 0 aliphatic carbocycles. The van der Waals surface area contributed by atoms with Crippen molar-refractivity contribution in [3.8, 4) is 0 Å². The van der Waals surface area contributed by atoms with Crippen molar-refractivity contribution < 1.29 is 4.79 Å². The van der Waals surface area contributed by atoms with Crippen LogP contribution < -0.4 is 10.2 Å². The number of amides is 1. The summed E-state index contributed by atoms with van der Waals surface area (Å²) in [6, 6.07) is 7.54. The average Bonchev–Trinajstić information content (AvgIpc) is 2.91. The Balaban J connectivity index is 2.00. The number of hydrogen-bond acceptors (Lipinski definition) is 4. The maximum Gasteiger partial charge on any atom is 0.255 e. The summed E-state index contributed by atoms with van der Waals surface area (Å²) in [5.41, 5.74) is 2.33. The number of carbonyl (C=O) groups is 1. The monoisotopic (exact) mass is 257 g/mol. The van der Waals surface area contributed by atoms with Gasteiger partial charge in [-0.15, -0.1) is 5.10 Å². The van der Waals surface area contributed by atoms with E-state index < -0.39 is 0 Å². The molecule has 1 aliphatic heterocycles. The first-order valence-corrected chi connectivity index (χ1v) is 6.23. The van der Waals surface area contributed by atoms with Gasteiger partial charge >= 0.3 is 0 Å². The van der Waals surface area contributed by atoms with E-state index in [0.29, 0.717) is 5.56 Å². The van der Waals surface area contributed by atoms with Gasteiger partial charge in [0.15, 0.2) is 0 Å². The van der Waals surface area contributed by atoms with Crippen LogP contribution in [0.25, 0.3) is 0 Å². The second-order valence-electron chi connectivity index (χ2n) is 4.50. The summed E-state index contributed by atoms with van der Waals surface area (Å²) in [5.74, 6) is -0.0789. The quantitative estimate of drug-likeness (QED) is 0.877. The van der Waals surface area contributed by atoms with Crippen molar-refractivity contribution in [1.82, 2.24) is 20.3 Å². The van der Waals surface area contributed by atoms with E-state index in [1.807, 2.05) is 49.3 Å². The second-order valence-corrected chi connectivity index (χ2v) is 4.50. The molecule has 1 aromatic heterocycles. The molecule has 0 fully saturated rings. The third-order valence-corrected chi connectivity index (χ3v) is 3.34. The van der Waals surface area contributed by atoms with Crippen LogP contribution >= 0.6 is 0 Å². The highest BCUT2D eigenvalue weighted by atomic mass is 16.2. The van der Waals surface area contributed by atoms with Gasteiger partial charge in [0.1, 0.15) is 11.9 Å². The molecule has 2 aromatic rings. The van der Waals surface area contributed by atoms with E-state index in [2.05, 4.69) is 15.6 Å². The van der Waals surface area contributed by atoms with Crippen molar-refractivity contribution in [2.45, 2.75) is 19.6 Å². The largest absolute Gasteiger partial charge is 0.349 e. The normalized spacial score (nSPS) is 18.1. The number of nitrogens with one attached hydrogen (secondary N) is 1. The Hall–Kier alpha value is -2.37. The number of carbonyl (C=O) groups excluding carboxylic acids is 1. The highest BCUT2D eigenvalue weighted by Crippen LogP contribution is 2.30. The van der Waals surface area contributed by atoms with E-state index in [-0.39, 0.29) is 12.1 Å². The van der Waals surface area contributed by atoms with E-state index in [1.54, 1.807) is 4.68 Å². The molecule has 98 valence electrons. The molecule has 1 unspecified atom stereocenters. The van der Waals surface area contributed by atoms with Crippen molar-refractivity contribution in [2.24, 2.45) is 0 Å². The van der Waals surface area contributed by atoms with Crippen molar-refractivity contribution in [1.29, 1.82) is 0 Å². The number of nitrogens with zero attached hydrogens (tertiary/aromatic N) is 4. The Morgan fingerprint density at radius 3 is 2.89 bits per heavy atom. The zero-order valence-corrected chi connectivity index (χ0v) is 10.9. The summed E-state index contributed by atoms with van der Waals surface area (Å²) < 4.78 is 1.75. The van der Waals surface area contributed by atoms with Crippen LogP contribution in [-0.2, 0) is 6.54 Å². The molecule has 0 saturated carbocycles. The van der Waals surface area contributed by atoms with Gasteiger partial charge in [0.25, 0.3) is 5.91 Å². The molecule has 1 amide bonds. The third kappa shape index (κ3) is 1.85. The lowest BCUT2D eigenvalue weighted by molar-refractivity contribution is 0.0927. The van der Waals surface area contributed by atoms with Crippen LogP contribution in [0.4, 0.5) is 5.69 Å². The Bertz CT molecular complexity index is 621. The lowest BCUT2D eigenvalue weighted by Crippen LogP contribution is -2.44. The molecule has 0 spiro atoms. The summed E-state index contributed by atoms with van der Waals surface area (Å²) in [4.78, 5) is 14.1. The number of rotatable bonds is 2. The SMILES string of the molecule is CCn1cc(C2NC(=O)c3ccccc3N2C)nn1. The van der Waals surface area contributed by atoms with Gasteiger partial charge in [-0.3, -0.25) is 9.48 Å². The maximum atomic E-state index is 12.1. The van der Waals surface area contributed by atoms with E-state index in [1.165, 1.54) is 0 Å². The smallest absolute Gasteiger partial charge is 0.255 e. The number of para-hydroxylation sites is 1. The number of fused-ring (bicyclic) bond motifs is 1. The molecule has 1 aliphatic rings. The topological polar surface area (TPSA) is 63.1 Å². The maximum absolute atomic E-state index is 12.1. The van der Waals surface area contributed by atoms with Crippen molar-refractivity contribution in [3.05, 3.63) is 41.7 Å². The Labute approximate surface area is 111 Å². The molecule has 0 bridgehead atoms. The predicted octanol–water partition coefficient (Wildman–Crippen LogP) is 1.18. The summed E-state index contributed by atoms with van der Waals surface area (Å²) in [5, 5.41) is 11.1. The molecule has 3 rings (SSSR count). The highest BCUT2D eigenvalue weighted by molar-refractivity contribution is 6.01.